The van der Waals surface area contributed by atoms with Crippen LogP contribution in [-0.2, 0) is 16.6 Å². The zero-order valence-corrected chi connectivity index (χ0v) is 13.1. The van der Waals surface area contributed by atoms with Crippen molar-refractivity contribution in [1.82, 2.24) is 5.32 Å². The minimum atomic E-state index is -0.389. The molecular formula is C20H21NO2. The molecule has 3 heteroatoms. The molecule has 1 amide bonds. The summed E-state index contributed by atoms with van der Waals surface area (Å²) in [6.45, 7) is 0.700. The smallest absolute Gasteiger partial charge is 0.261 e. The van der Waals surface area contributed by atoms with Crippen molar-refractivity contribution < 1.29 is 9.53 Å². The van der Waals surface area contributed by atoms with E-state index in [0.29, 0.717) is 13.0 Å². The molecule has 0 bridgehead atoms. The van der Waals surface area contributed by atoms with Crippen LogP contribution in [0.15, 0.2) is 54.6 Å². The summed E-state index contributed by atoms with van der Waals surface area (Å²) in [5, 5.41) is 3.14. The summed E-state index contributed by atoms with van der Waals surface area (Å²) < 4.78 is 5.78. The largest absolute Gasteiger partial charge is 0.480 e. The Morgan fingerprint density at radius 1 is 1.09 bits per heavy atom. The van der Waals surface area contributed by atoms with Gasteiger partial charge in [0.1, 0.15) is 5.75 Å². The summed E-state index contributed by atoms with van der Waals surface area (Å²) in [5.41, 5.74) is 2.57. The van der Waals surface area contributed by atoms with Gasteiger partial charge in [-0.2, -0.15) is 0 Å². The Labute approximate surface area is 136 Å². The molecule has 0 saturated heterocycles. The molecule has 4 rings (SSSR count). The third-order valence-electron chi connectivity index (χ3n) is 5.24. The van der Waals surface area contributed by atoms with E-state index in [-0.39, 0.29) is 17.4 Å². The molecule has 2 aromatic rings. The van der Waals surface area contributed by atoms with E-state index in [1.165, 1.54) is 12.0 Å². The lowest BCUT2D eigenvalue weighted by atomic mass is 9.64. The van der Waals surface area contributed by atoms with Crippen LogP contribution in [0.25, 0.3) is 0 Å². The van der Waals surface area contributed by atoms with Crippen LogP contribution >= 0.6 is 0 Å². The molecule has 1 aliphatic heterocycles. The average molecular weight is 307 g/mol. The highest BCUT2D eigenvalue weighted by Gasteiger charge is 2.39. The summed E-state index contributed by atoms with van der Waals surface area (Å²) in [6, 6.07) is 18.4. The molecular weight excluding hydrogens is 286 g/mol. The number of carbonyl (C=O) groups is 1. The third-order valence-corrected chi connectivity index (χ3v) is 5.24. The van der Waals surface area contributed by atoms with Gasteiger partial charge < -0.3 is 10.1 Å². The Balaban J connectivity index is 1.40. The van der Waals surface area contributed by atoms with E-state index in [4.69, 9.17) is 4.74 Å². The second-order valence-corrected chi connectivity index (χ2v) is 6.64. The monoisotopic (exact) mass is 307 g/mol. The molecule has 1 fully saturated rings. The van der Waals surface area contributed by atoms with E-state index in [9.17, 15) is 4.79 Å². The first-order valence-corrected chi connectivity index (χ1v) is 8.35. The minimum absolute atomic E-state index is 0.00315. The van der Waals surface area contributed by atoms with Crippen LogP contribution in [0.2, 0.25) is 0 Å². The predicted octanol–water partition coefficient (Wildman–Crippen LogP) is 3.23. The lowest BCUT2D eigenvalue weighted by Crippen LogP contribution is -2.48. The quantitative estimate of drug-likeness (QED) is 0.942. The molecule has 2 aliphatic rings. The van der Waals surface area contributed by atoms with Gasteiger partial charge in [-0.25, -0.2) is 0 Å². The van der Waals surface area contributed by atoms with E-state index in [2.05, 4.69) is 29.6 Å². The van der Waals surface area contributed by atoms with Crippen molar-refractivity contribution in [3.63, 3.8) is 0 Å². The second kappa shape index (κ2) is 5.73. The van der Waals surface area contributed by atoms with Crippen molar-refractivity contribution in [1.29, 1.82) is 0 Å². The van der Waals surface area contributed by atoms with Crippen molar-refractivity contribution in [2.24, 2.45) is 0 Å². The Bertz CT molecular complexity index is 682. The van der Waals surface area contributed by atoms with E-state index in [1.807, 2.05) is 30.3 Å². The highest BCUT2D eigenvalue weighted by Crippen LogP contribution is 2.43. The van der Waals surface area contributed by atoms with E-state index in [0.717, 1.165) is 24.2 Å². The molecule has 1 saturated carbocycles. The maximum absolute atomic E-state index is 12.5. The van der Waals surface area contributed by atoms with Crippen molar-refractivity contribution in [2.45, 2.75) is 37.2 Å². The summed E-state index contributed by atoms with van der Waals surface area (Å²) in [4.78, 5) is 12.5. The third kappa shape index (κ3) is 2.61. The molecule has 1 heterocycles. The first kappa shape index (κ1) is 14.3. The van der Waals surface area contributed by atoms with Gasteiger partial charge in [-0.3, -0.25) is 4.79 Å². The molecule has 23 heavy (non-hydrogen) atoms. The molecule has 1 aliphatic carbocycles. The molecule has 0 spiro atoms. The second-order valence-electron chi connectivity index (χ2n) is 6.64. The molecule has 1 unspecified atom stereocenters. The molecule has 3 nitrogen and oxygen atoms in total. The van der Waals surface area contributed by atoms with Gasteiger partial charge in [0.2, 0.25) is 0 Å². The standard InChI is InChI=1S/C20H21NO2/c22-19(18-13-15-7-4-5-10-17(15)23-18)21-14-20(11-6-12-20)16-8-2-1-3-9-16/h1-5,7-10,18H,6,11-14H2,(H,21,22). The summed E-state index contributed by atoms with van der Waals surface area (Å²) in [6.07, 6.45) is 3.79. The number of ether oxygens (including phenoxy) is 1. The van der Waals surface area contributed by atoms with Gasteiger partial charge in [-0.1, -0.05) is 55.0 Å². The van der Waals surface area contributed by atoms with Gasteiger partial charge in [-0.05, 0) is 30.0 Å². The first-order chi connectivity index (χ1) is 11.3. The lowest BCUT2D eigenvalue weighted by Gasteiger charge is -2.42. The van der Waals surface area contributed by atoms with Crippen molar-refractivity contribution in [3.8, 4) is 5.75 Å². The van der Waals surface area contributed by atoms with E-state index < -0.39 is 0 Å². The fourth-order valence-corrected chi connectivity index (χ4v) is 3.66. The summed E-state index contributed by atoms with van der Waals surface area (Å²) in [7, 11) is 0. The van der Waals surface area contributed by atoms with Gasteiger partial charge >= 0.3 is 0 Å². The Hall–Kier alpha value is -2.29. The van der Waals surface area contributed by atoms with Crippen LogP contribution < -0.4 is 10.1 Å². The van der Waals surface area contributed by atoms with Crippen LogP contribution in [0.3, 0.4) is 0 Å². The predicted molar refractivity (Wildman–Crippen MR) is 89.5 cm³/mol. The van der Waals surface area contributed by atoms with Crippen molar-refractivity contribution >= 4 is 5.91 Å². The number of rotatable bonds is 4. The first-order valence-electron chi connectivity index (χ1n) is 8.35. The van der Waals surface area contributed by atoms with Crippen LogP contribution in [0.5, 0.6) is 5.75 Å². The minimum Gasteiger partial charge on any atom is -0.480 e. The maximum atomic E-state index is 12.5. The maximum Gasteiger partial charge on any atom is 0.261 e. The molecule has 2 aromatic carbocycles. The van der Waals surface area contributed by atoms with Crippen LogP contribution in [0.1, 0.15) is 30.4 Å². The number of amides is 1. The number of fused-ring (bicyclic) bond motifs is 1. The fraction of sp³-hybridized carbons (Fsp3) is 0.350. The molecule has 0 aromatic heterocycles. The van der Waals surface area contributed by atoms with E-state index >= 15 is 0 Å². The Kier molecular flexibility index (Phi) is 3.56. The number of hydrogen-bond donors (Lipinski definition) is 1. The van der Waals surface area contributed by atoms with Crippen LogP contribution in [0, 0.1) is 0 Å². The van der Waals surface area contributed by atoms with E-state index in [1.54, 1.807) is 0 Å². The van der Waals surface area contributed by atoms with Crippen molar-refractivity contribution in [3.05, 3.63) is 65.7 Å². The van der Waals surface area contributed by atoms with Gasteiger partial charge in [0.05, 0.1) is 0 Å². The number of nitrogens with one attached hydrogen (secondary N) is 1. The van der Waals surface area contributed by atoms with Crippen LogP contribution in [-0.4, -0.2) is 18.6 Å². The van der Waals surface area contributed by atoms with Gasteiger partial charge in [-0.15, -0.1) is 0 Å². The highest BCUT2D eigenvalue weighted by atomic mass is 16.5. The normalized spacial score (nSPS) is 21.0. The molecule has 1 atom stereocenters. The zero-order valence-electron chi connectivity index (χ0n) is 13.1. The molecule has 0 radical (unpaired) electrons. The average Bonchev–Trinajstić information content (AvgIpc) is 2.99. The highest BCUT2D eigenvalue weighted by molar-refractivity contribution is 5.82. The molecule has 118 valence electrons. The number of hydrogen-bond acceptors (Lipinski definition) is 2. The number of benzene rings is 2. The Morgan fingerprint density at radius 3 is 2.52 bits per heavy atom. The summed E-state index contributed by atoms with van der Waals surface area (Å²) >= 11 is 0. The summed E-state index contributed by atoms with van der Waals surface area (Å²) in [5.74, 6) is 0.845. The van der Waals surface area contributed by atoms with Gasteiger partial charge in [0.15, 0.2) is 6.10 Å². The number of para-hydroxylation sites is 1. The SMILES string of the molecule is O=C(NCC1(c2ccccc2)CCC1)C1Cc2ccccc2O1. The van der Waals surface area contributed by atoms with Crippen LogP contribution in [0.4, 0.5) is 0 Å². The molecule has 1 N–H and O–H groups in total. The fourth-order valence-electron chi connectivity index (χ4n) is 3.66. The number of carbonyl (C=O) groups excluding carboxylic acids is 1. The lowest BCUT2D eigenvalue weighted by molar-refractivity contribution is -0.127. The zero-order chi connectivity index (χ0) is 15.7. The topological polar surface area (TPSA) is 38.3 Å². The van der Waals surface area contributed by atoms with Gasteiger partial charge in [0.25, 0.3) is 5.91 Å². The Morgan fingerprint density at radius 2 is 1.83 bits per heavy atom. The van der Waals surface area contributed by atoms with Gasteiger partial charge in [0, 0.05) is 18.4 Å². The van der Waals surface area contributed by atoms with Crippen molar-refractivity contribution in [2.75, 3.05) is 6.54 Å².